The quantitative estimate of drug-likeness (QED) is 0.470. The summed E-state index contributed by atoms with van der Waals surface area (Å²) in [7, 11) is -1.97. The lowest BCUT2D eigenvalue weighted by Gasteiger charge is -2.42. The fraction of sp³-hybridized carbons (Fsp3) is 0.647. The number of aliphatic carboxylic acids is 1. The van der Waals surface area contributed by atoms with Gasteiger partial charge in [-0.05, 0) is 24.2 Å². The molecule has 0 rings (SSSR count). The summed E-state index contributed by atoms with van der Waals surface area (Å²) in [4.78, 5) is 10.6. The fourth-order valence-corrected chi connectivity index (χ4v) is 3.02. The van der Waals surface area contributed by atoms with Crippen molar-refractivity contribution in [3.05, 3.63) is 18.4 Å². The van der Waals surface area contributed by atoms with Crippen LogP contribution < -0.4 is 0 Å². The summed E-state index contributed by atoms with van der Waals surface area (Å²) in [5.41, 5.74) is 2.51. The van der Waals surface area contributed by atoms with Crippen LogP contribution in [0.25, 0.3) is 0 Å². The van der Waals surface area contributed by atoms with Crippen molar-refractivity contribution in [3.8, 4) is 11.8 Å². The third-order valence-corrected chi connectivity index (χ3v) is 8.52. The van der Waals surface area contributed by atoms with Crippen molar-refractivity contribution in [2.75, 3.05) is 0 Å². The van der Waals surface area contributed by atoms with Crippen molar-refractivity contribution >= 4 is 14.3 Å². The molecule has 0 saturated carbocycles. The van der Waals surface area contributed by atoms with Crippen molar-refractivity contribution in [2.45, 2.75) is 65.3 Å². The molecule has 0 fully saturated rings. The van der Waals surface area contributed by atoms with Gasteiger partial charge in [0.2, 0.25) is 0 Å². The zero-order valence-corrected chi connectivity index (χ0v) is 15.3. The molecule has 0 amide bonds. The molecule has 0 aromatic carbocycles. The highest BCUT2D eigenvalue weighted by atomic mass is 28.4. The van der Waals surface area contributed by atoms with E-state index in [0.29, 0.717) is 6.42 Å². The number of carboxylic acid groups (broad SMARTS) is 1. The van der Waals surface area contributed by atoms with E-state index in [4.69, 9.17) is 9.53 Å². The van der Waals surface area contributed by atoms with Crippen LogP contribution in [0.5, 0.6) is 0 Å². The fourth-order valence-electron chi connectivity index (χ4n) is 1.56. The van der Waals surface area contributed by atoms with Crippen LogP contribution in [-0.2, 0) is 9.22 Å². The predicted octanol–water partition coefficient (Wildman–Crippen LogP) is 4.22. The van der Waals surface area contributed by atoms with Crippen LogP contribution in [0.2, 0.25) is 18.1 Å². The minimum atomic E-state index is -1.97. The van der Waals surface area contributed by atoms with Crippen molar-refractivity contribution in [1.29, 1.82) is 0 Å². The number of rotatable bonds is 5. The lowest BCUT2D eigenvalue weighted by atomic mass is 9.85. The third-order valence-electron chi connectivity index (χ3n) is 4.03. The summed E-state index contributed by atoms with van der Waals surface area (Å²) >= 11 is 0. The molecule has 0 spiro atoms. The molecule has 0 heterocycles. The minimum Gasteiger partial charge on any atom is -0.472 e. The second kappa shape index (κ2) is 7.13. The lowest BCUT2D eigenvalue weighted by Crippen LogP contribution is -2.47. The van der Waals surface area contributed by atoms with Gasteiger partial charge >= 0.3 is 5.97 Å². The van der Waals surface area contributed by atoms with E-state index >= 15 is 0 Å². The average molecular weight is 308 g/mol. The molecule has 0 aliphatic heterocycles. The van der Waals surface area contributed by atoms with Crippen molar-refractivity contribution in [1.82, 2.24) is 0 Å². The summed E-state index contributed by atoms with van der Waals surface area (Å²) in [6.07, 6.45) is 2.07. The first-order valence-electron chi connectivity index (χ1n) is 7.10. The predicted molar refractivity (Wildman–Crippen MR) is 89.6 cm³/mol. The Morgan fingerprint density at radius 1 is 1.33 bits per heavy atom. The maximum atomic E-state index is 10.6. The molecule has 3 nitrogen and oxygen atoms in total. The SMILES string of the molecule is C=C=CC(C)(C)C(CC#CC(=O)O)O[Si](C)(C)C(C)(C)C. The van der Waals surface area contributed by atoms with Gasteiger partial charge in [-0.3, -0.25) is 0 Å². The first-order valence-corrected chi connectivity index (χ1v) is 10.0. The molecule has 118 valence electrons. The van der Waals surface area contributed by atoms with Crippen molar-refractivity contribution in [3.63, 3.8) is 0 Å². The van der Waals surface area contributed by atoms with Gasteiger partial charge in [0.15, 0.2) is 8.32 Å². The highest BCUT2D eigenvalue weighted by Gasteiger charge is 2.42. The van der Waals surface area contributed by atoms with Crippen LogP contribution in [0.4, 0.5) is 0 Å². The van der Waals surface area contributed by atoms with Crippen LogP contribution in [0.1, 0.15) is 41.0 Å². The van der Waals surface area contributed by atoms with Gasteiger partial charge in [0.25, 0.3) is 0 Å². The van der Waals surface area contributed by atoms with E-state index in [1.807, 2.05) is 19.9 Å². The van der Waals surface area contributed by atoms with Gasteiger partial charge in [0.1, 0.15) is 0 Å². The summed E-state index contributed by atoms with van der Waals surface area (Å²) in [5, 5.41) is 8.74. The Labute approximate surface area is 130 Å². The van der Waals surface area contributed by atoms with E-state index in [9.17, 15) is 4.79 Å². The molecular weight excluding hydrogens is 280 g/mol. The topological polar surface area (TPSA) is 46.5 Å². The number of hydrogen-bond acceptors (Lipinski definition) is 2. The molecule has 0 bridgehead atoms. The molecule has 1 N–H and O–H groups in total. The van der Waals surface area contributed by atoms with E-state index in [1.165, 1.54) is 0 Å². The van der Waals surface area contributed by atoms with E-state index in [1.54, 1.807) is 0 Å². The standard InChI is InChI=1S/C17H28O3Si/c1-9-13-17(5,6)14(11-10-12-15(18)19)20-21(7,8)16(2,3)4/h13-14H,1,11H2,2-8H3,(H,18,19). The summed E-state index contributed by atoms with van der Waals surface area (Å²) in [6, 6.07) is 0. The van der Waals surface area contributed by atoms with Gasteiger partial charge in [0.05, 0.1) is 6.10 Å². The number of carbonyl (C=O) groups is 1. The Hall–Kier alpha value is -1.27. The molecule has 1 unspecified atom stereocenters. The van der Waals surface area contributed by atoms with Crippen LogP contribution in [0.3, 0.4) is 0 Å². The highest BCUT2D eigenvalue weighted by Crippen LogP contribution is 2.40. The Balaban J connectivity index is 5.40. The van der Waals surface area contributed by atoms with Crippen molar-refractivity contribution in [2.24, 2.45) is 5.41 Å². The van der Waals surface area contributed by atoms with E-state index in [2.05, 4.69) is 58.0 Å². The van der Waals surface area contributed by atoms with Crippen molar-refractivity contribution < 1.29 is 14.3 Å². The Morgan fingerprint density at radius 3 is 2.24 bits per heavy atom. The Bertz CT molecular complexity index is 480. The van der Waals surface area contributed by atoms with Gasteiger partial charge in [-0.15, -0.1) is 5.73 Å². The van der Waals surface area contributed by atoms with Crippen LogP contribution in [0.15, 0.2) is 18.4 Å². The maximum absolute atomic E-state index is 10.6. The van der Waals surface area contributed by atoms with Gasteiger partial charge in [0, 0.05) is 17.8 Å². The summed E-state index contributed by atoms with van der Waals surface area (Å²) in [6.45, 7) is 18.6. The zero-order chi connectivity index (χ0) is 16.9. The molecule has 0 aliphatic carbocycles. The van der Waals surface area contributed by atoms with Crippen LogP contribution in [0, 0.1) is 17.3 Å². The second-order valence-electron chi connectivity index (χ2n) is 7.35. The van der Waals surface area contributed by atoms with Gasteiger partial charge in [-0.1, -0.05) is 47.1 Å². The molecule has 0 aromatic heterocycles. The largest absolute Gasteiger partial charge is 0.472 e. The smallest absolute Gasteiger partial charge is 0.381 e. The zero-order valence-electron chi connectivity index (χ0n) is 14.3. The molecule has 0 aliphatic rings. The summed E-state index contributed by atoms with van der Waals surface area (Å²) < 4.78 is 6.45. The minimum absolute atomic E-state index is 0.0828. The van der Waals surface area contributed by atoms with Gasteiger partial charge in [-0.2, -0.15) is 0 Å². The van der Waals surface area contributed by atoms with E-state index < -0.39 is 14.3 Å². The van der Waals surface area contributed by atoms with Crippen LogP contribution >= 0.6 is 0 Å². The second-order valence-corrected chi connectivity index (χ2v) is 12.1. The monoisotopic (exact) mass is 308 g/mol. The van der Waals surface area contributed by atoms with Gasteiger partial charge < -0.3 is 9.53 Å². The molecule has 4 heteroatoms. The normalized spacial score (nSPS) is 13.7. The third kappa shape index (κ3) is 6.35. The maximum Gasteiger partial charge on any atom is 0.381 e. The van der Waals surface area contributed by atoms with Crippen LogP contribution in [-0.4, -0.2) is 25.5 Å². The highest BCUT2D eigenvalue weighted by molar-refractivity contribution is 6.74. The lowest BCUT2D eigenvalue weighted by molar-refractivity contribution is -0.130. The number of carboxylic acids is 1. The molecular formula is C17H28O3Si. The Kier molecular flexibility index (Phi) is 6.70. The van der Waals surface area contributed by atoms with E-state index in [0.717, 1.165) is 0 Å². The molecule has 21 heavy (non-hydrogen) atoms. The molecule has 0 saturated heterocycles. The molecule has 0 aromatic rings. The number of hydrogen-bond donors (Lipinski definition) is 1. The Morgan fingerprint density at radius 2 is 1.86 bits per heavy atom. The van der Waals surface area contributed by atoms with E-state index in [-0.39, 0.29) is 16.6 Å². The van der Waals surface area contributed by atoms with Gasteiger partial charge in [-0.25, -0.2) is 4.79 Å². The summed E-state index contributed by atoms with van der Waals surface area (Å²) in [5.74, 6) is 3.76. The average Bonchev–Trinajstić information content (AvgIpc) is 2.25. The first-order chi connectivity index (χ1) is 9.33. The first kappa shape index (κ1) is 19.7. The molecule has 1 atom stereocenters. The molecule has 0 radical (unpaired) electrons.